The van der Waals surface area contributed by atoms with Gasteiger partial charge in [-0.2, -0.15) is 5.26 Å². The maximum atomic E-state index is 8.99. The fraction of sp³-hybridized carbons (Fsp3) is 0.533. The molecule has 3 heteroatoms. The van der Waals surface area contributed by atoms with Gasteiger partial charge in [-0.25, -0.2) is 0 Å². The van der Waals surface area contributed by atoms with Crippen LogP contribution in [0.15, 0.2) is 24.3 Å². The molecule has 2 rings (SSSR count). The van der Waals surface area contributed by atoms with Crippen LogP contribution >= 0.6 is 0 Å². The summed E-state index contributed by atoms with van der Waals surface area (Å²) in [5, 5.41) is 12.5. The Morgan fingerprint density at radius 1 is 1.44 bits per heavy atom. The SMILES string of the molecule is CC1CN(c2cccc(C#N)c2)CC(C)(C)CN1. The van der Waals surface area contributed by atoms with E-state index < -0.39 is 0 Å². The molecule has 1 fully saturated rings. The van der Waals surface area contributed by atoms with Crippen molar-refractivity contribution in [3.8, 4) is 6.07 Å². The minimum absolute atomic E-state index is 0.243. The number of nitriles is 1. The van der Waals surface area contributed by atoms with E-state index in [1.165, 1.54) is 0 Å². The van der Waals surface area contributed by atoms with Gasteiger partial charge < -0.3 is 10.2 Å². The van der Waals surface area contributed by atoms with Crippen LogP contribution in [0.5, 0.6) is 0 Å². The molecule has 0 aromatic heterocycles. The van der Waals surface area contributed by atoms with Crippen molar-refractivity contribution in [3.05, 3.63) is 29.8 Å². The molecule has 1 atom stereocenters. The van der Waals surface area contributed by atoms with Crippen LogP contribution in [-0.2, 0) is 0 Å². The van der Waals surface area contributed by atoms with Gasteiger partial charge in [0.25, 0.3) is 0 Å². The average molecular weight is 243 g/mol. The lowest BCUT2D eigenvalue weighted by Gasteiger charge is -2.31. The summed E-state index contributed by atoms with van der Waals surface area (Å²) >= 11 is 0. The Kier molecular flexibility index (Phi) is 3.58. The number of nitrogens with zero attached hydrogens (tertiary/aromatic N) is 2. The van der Waals surface area contributed by atoms with Crippen LogP contribution in [0.25, 0.3) is 0 Å². The second-order valence-electron chi connectivity index (χ2n) is 5.99. The van der Waals surface area contributed by atoms with E-state index in [0.29, 0.717) is 6.04 Å². The van der Waals surface area contributed by atoms with E-state index in [1.807, 2.05) is 18.2 Å². The monoisotopic (exact) mass is 243 g/mol. The Balaban J connectivity index is 2.27. The molecule has 1 heterocycles. The molecule has 1 aliphatic heterocycles. The van der Waals surface area contributed by atoms with E-state index >= 15 is 0 Å². The van der Waals surface area contributed by atoms with E-state index in [4.69, 9.17) is 5.26 Å². The Morgan fingerprint density at radius 3 is 2.94 bits per heavy atom. The van der Waals surface area contributed by atoms with Crippen LogP contribution in [0.2, 0.25) is 0 Å². The van der Waals surface area contributed by atoms with Gasteiger partial charge in [0.15, 0.2) is 0 Å². The van der Waals surface area contributed by atoms with Gasteiger partial charge in [0.2, 0.25) is 0 Å². The first kappa shape index (κ1) is 12.9. The lowest BCUT2D eigenvalue weighted by Crippen LogP contribution is -2.35. The number of anilines is 1. The van der Waals surface area contributed by atoms with Crippen molar-refractivity contribution in [3.63, 3.8) is 0 Å². The summed E-state index contributed by atoms with van der Waals surface area (Å²) in [6.45, 7) is 9.79. The van der Waals surface area contributed by atoms with E-state index in [-0.39, 0.29) is 5.41 Å². The van der Waals surface area contributed by atoms with Crippen LogP contribution in [0.1, 0.15) is 26.3 Å². The summed E-state index contributed by atoms with van der Waals surface area (Å²) in [6.07, 6.45) is 0. The quantitative estimate of drug-likeness (QED) is 0.823. The smallest absolute Gasteiger partial charge is 0.0992 e. The predicted octanol–water partition coefficient (Wildman–Crippen LogP) is 2.38. The molecule has 1 saturated heterocycles. The van der Waals surface area contributed by atoms with Crippen molar-refractivity contribution in [1.29, 1.82) is 5.26 Å². The maximum absolute atomic E-state index is 8.99. The average Bonchev–Trinajstić information content (AvgIpc) is 2.48. The Labute approximate surface area is 109 Å². The fourth-order valence-electron chi connectivity index (χ4n) is 2.45. The topological polar surface area (TPSA) is 39.1 Å². The van der Waals surface area contributed by atoms with Gasteiger partial charge >= 0.3 is 0 Å². The summed E-state index contributed by atoms with van der Waals surface area (Å²) in [4.78, 5) is 2.38. The Bertz CT molecular complexity index is 459. The first-order valence-corrected chi connectivity index (χ1v) is 6.49. The summed E-state index contributed by atoms with van der Waals surface area (Å²) in [5.41, 5.74) is 2.13. The highest BCUT2D eigenvalue weighted by Gasteiger charge is 2.27. The van der Waals surface area contributed by atoms with E-state index in [9.17, 15) is 0 Å². The highest BCUT2D eigenvalue weighted by atomic mass is 15.2. The Hall–Kier alpha value is -1.53. The van der Waals surface area contributed by atoms with Crippen molar-refractivity contribution in [1.82, 2.24) is 5.32 Å². The molecule has 0 bridgehead atoms. The minimum atomic E-state index is 0.243. The molecule has 1 N–H and O–H groups in total. The molecule has 3 nitrogen and oxygen atoms in total. The van der Waals surface area contributed by atoms with Crippen molar-refractivity contribution < 1.29 is 0 Å². The summed E-state index contributed by atoms with van der Waals surface area (Å²) < 4.78 is 0. The zero-order valence-corrected chi connectivity index (χ0v) is 11.4. The van der Waals surface area contributed by atoms with Crippen LogP contribution in [-0.4, -0.2) is 25.7 Å². The van der Waals surface area contributed by atoms with Gasteiger partial charge in [0.1, 0.15) is 0 Å². The maximum Gasteiger partial charge on any atom is 0.0992 e. The van der Waals surface area contributed by atoms with Crippen LogP contribution in [0.3, 0.4) is 0 Å². The highest BCUT2D eigenvalue weighted by molar-refractivity contribution is 5.52. The molecule has 1 aromatic rings. The van der Waals surface area contributed by atoms with Crippen LogP contribution < -0.4 is 10.2 Å². The number of benzene rings is 1. The molecule has 0 spiro atoms. The summed E-state index contributed by atoms with van der Waals surface area (Å²) in [7, 11) is 0. The first-order valence-electron chi connectivity index (χ1n) is 6.49. The van der Waals surface area contributed by atoms with E-state index in [0.717, 1.165) is 30.9 Å². The molecule has 0 aliphatic carbocycles. The van der Waals surface area contributed by atoms with Crippen LogP contribution in [0.4, 0.5) is 5.69 Å². The molecule has 18 heavy (non-hydrogen) atoms. The number of hydrogen-bond donors (Lipinski definition) is 1. The third kappa shape index (κ3) is 3.02. The third-order valence-electron chi connectivity index (χ3n) is 3.38. The predicted molar refractivity (Wildman–Crippen MR) is 74.6 cm³/mol. The number of nitrogens with one attached hydrogen (secondary N) is 1. The largest absolute Gasteiger partial charge is 0.369 e. The normalized spacial score (nSPS) is 23.2. The molecule has 1 unspecified atom stereocenters. The lowest BCUT2D eigenvalue weighted by molar-refractivity contribution is 0.362. The second kappa shape index (κ2) is 4.99. The van der Waals surface area contributed by atoms with Gasteiger partial charge in [0.05, 0.1) is 11.6 Å². The highest BCUT2D eigenvalue weighted by Crippen LogP contribution is 2.25. The zero-order chi connectivity index (χ0) is 13.2. The molecular formula is C15H21N3. The minimum Gasteiger partial charge on any atom is -0.369 e. The van der Waals surface area contributed by atoms with Gasteiger partial charge in [-0.15, -0.1) is 0 Å². The van der Waals surface area contributed by atoms with Crippen LogP contribution in [0, 0.1) is 16.7 Å². The summed E-state index contributed by atoms with van der Waals surface area (Å²) in [5.74, 6) is 0. The third-order valence-corrected chi connectivity index (χ3v) is 3.38. The zero-order valence-electron chi connectivity index (χ0n) is 11.4. The first-order chi connectivity index (χ1) is 8.50. The van der Waals surface area contributed by atoms with Gasteiger partial charge in [-0.1, -0.05) is 19.9 Å². The molecule has 0 amide bonds. The molecule has 0 saturated carbocycles. The van der Waals surface area contributed by atoms with Crippen molar-refractivity contribution in [2.45, 2.75) is 26.8 Å². The van der Waals surface area contributed by atoms with Crippen molar-refractivity contribution in [2.24, 2.45) is 5.41 Å². The molecule has 1 aliphatic rings. The Morgan fingerprint density at radius 2 is 2.22 bits per heavy atom. The number of rotatable bonds is 1. The molecule has 96 valence electrons. The van der Waals surface area contributed by atoms with Gasteiger partial charge in [-0.05, 0) is 30.5 Å². The van der Waals surface area contributed by atoms with Crippen molar-refractivity contribution >= 4 is 5.69 Å². The molecule has 1 aromatic carbocycles. The molecule has 0 radical (unpaired) electrons. The molecular weight excluding hydrogens is 222 g/mol. The number of hydrogen-bond acceptors (Lipinski definition) is 3. The van der Waals surface area contributed by atoms with Crippen molar-refractivity contribution in [2.75, 3.05) is 24.5 Å². The lowest BCUT2D eigenvalue weighted by atomic mass is 9.93. The van der Waals surface area contributed by atoms with E-state index in [2.05, 4.69) is 43.1 Å². The van der Waals surface area contributed by atoms with Gasteiger partial charge in [-0.3, -0.25) is 0 Å². The standard InChI is InChI=1S/C15H21N3/c1-12-9-18(11-15(2,3)10-17-12)14-6-4-5-13(7-14)8-16/h4-7,12,17H,9-11H2,1-3H3. The fourth-order valence-corrected chi connectivity index (χ4v) is 2.45. The van der Waals surface area contributed by atoms with E-state index in [1.54, 1.807) is 0 Å². The summed E-state index contributed by atoms with van der Waals surface area (Å²) in [6, 6.07) is 10.6. The van der Waals surface area contributed by atoms with Gasteiger partial charge in [0, 0.05) is 31.4 Å². The second-order valence-corrected chi connectivity index (χ2v) is 5.99.